The standard InChI is InChI=1S/C20H27N3O2/c1-4-17-7-9-18(10-8-17)13-23(14-19-6-5-11-21-12-19)20(24)22-16(2)15-25-3/h5-12,16H,4,13-15H2,1-3H3,(H,22,24)/t16-/m0/s1. The third-order valence-electron chi connectivity index (χ3n) is 3.97. The van der Waals surface area contributed by atoms with Gasteiger partial charge in [0.15, 0.2) is 0 Å². The molecule has 0 radical (unpaired) electrons. The van der Waals surface area contributed by atoms with Crippen molar-refractivity contribution >= 4 is 6.03 Å². The molecule has 1 atom stereocenters. The van der Waals surface area contributed by atoms with E-state index >= 15 is 0 Å². The number of hydrogen-bond acceptors (Lipinski definition) is 3. The average Bonchev–Trinajstić information content (AvgIpc) is 2.63. The summed E-state index contributed by atoms with van der Waals surface area (Å²) in [5.41, 5.74) is 3.40. The molecule has 0 fully saturated rings. The van der Waals surface area contributed by atoms with Gasteiger partial charge < -0.3 is 15.0 Å². The van der Waals surface area contributed by atoms with Gasteiger partial charge in [-0.3, -0.25) is 4.98 Å². The monoisotopic (exact) mass is 341 g/mol. The number of carbonyl (C=O) groups is 1. The van der Waals surface area contributed by atoms with E-state index in [1.807, 2.05) is 19.1 Å². The molecule has 0 aliphatic rings. The van der Waals surface area contributed by atoms with Crippen LogP contribution in [0.5, 0.6) is 0 Å². The Bertz CT molecular complexity index is 644. The first kappa shape index (κ1) is 18.9. The highest BCUT2D eigenvalue weighted by Gasteiger charge is 2.17. The lowest BCUT2D eigenvalue weighted by Crippen LogP contribution is -2.44. The molecule has 0 saturated carbocycles. The molecule has 0 spiro atoms. The van der Waals surface area contributed by atoms with Crippen molar-refractivity contribution in [3.63, 3.8) is 0 Å². The fourth-order valence-electron chi connectivity index (χ4n) is 2.61. The van der Waals surface area contributed by atoms with Gasteiger partial charge in [-0.25, -0.2) is 4.79 Å². The third-order valence-corrected chi connectivity index (χ3v) is 3.97. The Morgan fingerprint density at radius 3 is 2.44 bits per heavy atom. The van der Waals surface area contributed by atoms with Crippen LogP contribution in [0, 0.1) is 0 Å². The van der Waals surface area contributed by atoms with E-state index in [-0.39, 0.29) is 12.1 Å². The smallest absolute Gasteiger partial charge is 0.318 e. The highest BCUT2D eigenvalue weighted by molar-refractivity contribution is 5.74. The molecular weight excluding hydrogens is 314 g/mol. The minimum Gasteiger partial charge on any atom is -0.383 e. The second-order valence-electron chi connectivity index (χ2n) is 6.19. The highest BCUT2D eigenvalue weighted by atomic mass is 16.5. The van der Waals surface area contributed by atoms with E-state index in [0.29, 0.717) is 19.7 Å². The van der Waals surface area contributed by atoms with Crippen molar-refractivity contribution in [3.05, 3.63) is 65.5 Å². The molecule has 1 N–H and O–H groups in total. The quantitative estimate of drug-likeness (QED) is 0.801. The minimum atomic E-state index is -0.104. The van der Waals surface area contributed by atoms with Crippen molar-refractivity contribution in [1.82, 2.24) is 15.2 Å². The number of nitrogens with one attached hydrogen (secondary N) is 1. The molecule has 1 heterocycles. The summed E-state index contributed by atoms with van der Waals surface area (Å²) >= 11 is 0. The Hall–Kier alpha value is -2.40. The van der Waals surface area contributed by atoms with Gasteiger partial charge in [0, 0.05) is 32.6 Å². The zero-order valence-electron chi connectivity index (χ0n) is 15.2. The number of aromatic nitrogens is 1. The lowest BCUT2D eigenvalue weighted by Gasteiger charge is -2.25. The average molecular weight is 341 g/mol. The van der Waals surface area contributed by atoms with E-state index in [1.165, 1.54) is 5.56 Å². The van der Waals surface area contributed by atoms with Gasteiger partial charge in [-0.15, -0.1) is 0 Å². The summed E-state index contributed by atoms with van der Waals surface area (Å²) in [5, 5.41) is 2.99. The highest BCUT2D eigenvalue weighted by Crippen LogP contribution is 2.12. The zero-order valence-corrected chi connectivity index (χ0v) is 15.2. The van der Waals surface area contributed by atoms with Crippen LogP contribution in [0.25, 0.3) is 0 Å². The summed E-state index contributed by atoms with van der Waals surface area (Å²) in [6.07, 6.45) is 4.53. The van der Waals surface area contributed by atoms with Crippen molar-refractivity contribution < 1.29 is 9.53 Å². The molecule has 2 aromatic rings. The number of rotatable bonds is 8. The van der Waals surface area contributed by atoms with Gasteiger partial charge in [0.05, 0.1) is 12.6 Å². The van der Waals surface area contributed by atoms with Crippen LogP contribution < -0.4 is 5.32 Å². The first-order chi connectivity index (χ1) is 12.1. The first-order valence-corrected chi connectivity index (χ1v) is 8.63. The van der Waals surface area contributed by atoms with Crippen molar-refractivity contribution in [2.45, 2.75) is 39.4 Å². The summed E-state index contributed by atoms with van der Waals surface area (Å²) in [7, 11) is 1.63. The Morgan fingerprint density at radius 1 is 1.16 bits per heavy atom. The second kappa shape index (κ2) is 9.79. The molecule has 5 nitrogen and oxygen atoms in total. The third kappa shape index (κ3) is 6.19. The fraction of sp³-hybridized carbons (Fsp3) is 0.400. The van der Waals surface area contributed by atoms with Gasteiger partial charge in [-0.05, 0) is 36.1 Å². The second-order valence-corrected chi connectivity index (χ2v) is 6.19. The molecule has 0 saturated heterocycles. The van der Waals surface area contributed by atoms with Crippen molar-refractivity contribution in [3.8, 4) is 0 Å². The van der Waals surface area contributed by atoms with Crippen LogP contribution in [0.15, 0.2) is 48.8 Å². The molecule has 1 aromatic carbocycles. The number of methoxy groups -OCH3 is 1. The Balaban J connectivity index is 2.11. The van der Waals surface area contributed by atoms with E-state index in [9.17, 15) is 4.79 Å². The molecular formula is C20H27N3O2. The number of urea groups is 1. The lowest BCUT2D eigenvalue weighted by molar-refractivity contribution is 0.156. The first-order valence-electron chi connectivity index (χ1n) is 8.63. The maximum absolute atomic E-state index is 12.7. The molecule has 0 aliphatic carbocycles. The van der Waals surface area contributed by atoms with E-state index in [1.54, 1.807) is 24.4 Å². The van der Waals surface area contributed by atoms with Crippen LogP contribution in [-0.4, -0.2) is 35.7 Å². The number of nitrogens with zero attached hydrogens (tertiary/aromatic N) is 2. The largest absolute Gasteiger partial charge is 0.383 e. The van der Waals surface area contributed by atoms with Gasteiger partial charge in [0.1, 0.15) is 0 Å². The fourth-order valence-corrected chi connectivity index (χ4v) is 2.61. The maximum Gasteiger partial charge on any atom is 0.318 e. The molecule has 2 amide bonds. The summed E-state index contributed by atoms with van der Waals surface area (Å²) < 4.78 is 5.10. The van der Waals surface area contributed by atoms with Crippen molar-refractivity contribution in [1.29, 1.82) is 0 Å². The lowest BCUT2D eigenvalue weighted by atomic mass is 10.1. The van der Waals surface area contributed by atoms with E-state index in [4.69, 9.17) is 4.74 Å². The number of benzene rings is 1. The molecule has 0 bridgehead atoms. The van der Waals surface area contributed by atoms with Crippen molar-refractivity contribution in [2.24, 2.45) is 0 Å². The van der Waals surface area contributed by atoms with Gasteiger partial charge in [0.2, 0.25) is 0 Å². The van der Waals surface area contributed by atoms with Gasteiger partial charge in [0.25, 0.3) is 0 Å². The number of aryl methyl sites for hydroxylation is 1. The Kier molecular flexibility index (Phi) is 7.41. The maximum atomic E-state index is 12.7. The Labute approximate surface area is 150 Å². The van der Waals surface area contributed by atoms with Crippen LogP contribution in [0.4, 0.5) is 4.79 Å². The Morgan fingerprint density at radius 2 is 1.84 bits per heavy atom. The zero-order chi connectivity index (χ0) is 18.1. The molecule has 1 aromatic heterocycles. The molecule has 25 heavy (non-hydrogen) atoms. The predicted molar refractivity (Wildman–Crippen MR) is 99.2 cm³/mol. The summed E-state index contributed by atoms with van der Waals surface area (Å²) in [4.78, 5) is 18.6. The van der Waals surface area contributed by atoms with Crippen LogP contribution in [0.2, 0.25) is 0 Å². The van der Waals surface area contributed by atoms with Gasteiger partial charge in [-0.2, -0.15) is 0 Å². The molecule has 5 heteroatoms. The predicted octanol–water partition coefficient (Wildman–Crippen LogP) is 3.39. The number of hydrogen-bond donors (Lipinski definition) is 1. The van der Waals surface area contributed by atoms with Gasteiger partial charge >= 0.3 is 6.03 Å². The number of amides is 2. The minimum absolute atomic E-state index is 0.0450. The molecule has 0 unspecified atom stereocenters. The molecule has 2 rings (SSSR count). The normalized spacial score (nSPS) is 11.8. The van der Waals surface area contributed by atoms with Crippen LogP contribution in [0.3, 0.4) is 0 Å². The summed E-state index contributed by atoms with van der Waals surface area (Å²) in [5.74, 6) is 0. The number of ether oxygens (including phenoxy) is 1. The van der Waals surface area contributed by atoms with Crippen LogP contribution >= 0.6 is 0 Å². The van der Waals surface area contributed by atoms with Crippen molar-refractivity contribution in [2.75, 3.05) is 13.7 Å². The van der Waals surface area contributed by atoms with Crippen LogP contribution in [-0.2, 0) is 24.2 Å². The van der Waals surface area contributed by atoms with E-state index in [0.717, 1.165) is 17.5 Å². The molecule has 134 valence electrons. The number of pyridine rings is 1. The topological polar surface area (TPSA) is 54.5 Å². The van der Waals surface area contributed by atoms with E-state index < -0.39 is 0 Å². The number of carbonyl (C=O) groups excluding carboxylic acids is 1. The van der Waals surface area contributed by atoms with E-state index in [2.05, 4.69) is 41.5 Å². The van der Waals surface area contributed by atoms with Gasteiger partial charge in [-0.1, -0.05) is 37.3 Å². The summed E-state index contributed by atoms with van der Waals surface area (Å²) in [6.45, 7) is 5.60. The molecule has 0 aliphatic heterocycles. The SMILES string of the molecule is CCc1ccc(CN(Cc2cccnc2)C(=O)N[C@@H](C)COC)cc1. The summed E-state index contributed by atoms with van der Waals surface area (Å²) in [6, 6.07) is 12.1. The van der Waals surface area contributed by atoms with Crippen LogP contribution in [0.1, 0.15) is 30.5 Å².